The van der Waals surface area contributed by atoms with Crippen LogP contribution in [0.25, 0.3) is 11.1 Å². The highest BCUT2D eigenvalue weighted by Crippen LogP contribution is 2.37. The van der Waals surface area contributed by atoms with Gasteiger partial charge in [-0.25, -0.2) is 8.78 Å². The zero-order valence-corrected chi connectivity index (χ0v) is 18.1. The predicted molar refractivity (Wildman–Crippen MR) is 115 cm³/mol. The van der Waals surface area contributed by atoms with E-state index in [1.807, 2.05) is 31.2 Å². The number of hydrogen-bond donors (Lipinski definition) is 0. The molecule has 0 saturated carbocycles. The number of ether oxygens (including phenoxy) is 2. The highest BCUT2D eigenvalue weighted by Gasteiger charge is 2.35. The molecule has 0 fully saturated rings. The molecule has 0 radical (unpaired) electrons. The van der Waals surface area contributed by atoms with E-state index in [2.05, 4.69) is 6.92 Å². The molecule has 1 unspecified atom stereocenters. The zero-order valence-electron chi connectivity index (χ0n) is 18.1. The Hall–Kier alpha value is -1.78. The lowest BCUT2D eigenvalue weighted by Crippen LogP contribution is -2.37. The second-order valence-corrected chi connectivity index (χ2v) is 7.78. The Balaban J connectivity index is 2.17. The third-order valence-electron chi connectivity index (χ3n) is 5.85. The van der Waals surface area contributed by atoms with Gasteiger partial charge in [0.2, 0.25) is 0 Å². The van der Waals surface area contributed by atoms with E-state index in [1.165, 1.54) is 44.2 Å². The van der Waals surface area contributed by atoms with Gasteiger partial charge in [0, 0.05) is 31.8 Å². The molecule has 0 aromatic heterocycles. The summed E-state index contributed by atoms with van der Waals surface area (Å²) in [5.41, 5.74) is 2.21. The van der Waals surface area contributed by atoms with Crippen molar-refractivity contribution < 1.29 is 18.3 Å². The lowest BCUT2D eigenvalue weighted by atomic mass is 9.85. The third kappa shape index (κ3) is 6.35. The first-order chi connectivity index (χ1) is 13.9. The first-order valence-corrected chi connectivity index (χ1v) is 10.6. The number of hydrogen-bond acceptors (Lipinski definition) is 2. The summed E-state index contributed by atoms with van der Waals surface area (Å²) >= 11 is 0. The second kappa shape index (κ2) is 11.4. The molecule has 2 nitrogen and oxygen atoms in total. The van der Waals surface area contributed by atoms with Crippen molar-refractivity contribution in [1.29, 1.82) is 0 Å². The van der Waals surface area contributed by atoms with Crippen molar-refractivity contribution in [2.24, 2.45) is 0 Å². The number of rotatable bonds is 12. The molecule has 0 saturated heterocycles. The summed E-state index contributed by atoms with van der Waals surface area (Å²) in [6.07, 6.45) is 8.32. The molecular formula is C25H34F2O2. The van der Waals surface area contributed by atoms with Crippen LogP contribution in [-0.4, -0.2) is 20.0 Å². The van der Waals surface area contributed by atoms with Crippen LogP contribution >= 0.6 is 0 Å². The molecule has 0 N–H and O–H groups in total. The van der Waals surface area contributed by atoms with Gasteiger partial charge in [-0.2, -0.15) is 0 Å². The molecule has 4 heteroatoms. The van der Waals surface area contributed by atoms with E-state index in [0.29, 0.717) is 5.56 Å². The first kappa shape index (κ1) is 23.5. The SMILES string of the molecule is CCCCCCCCC(c1ccc(-c2ccc(F)cc2F)cc1)C(C)(OC)OC. The maximum absolute atomic E-state index is 14.1. The maximum atomic E-state index is 14.1. The van der Waals surface area contributed by atoms with Gasteiger partial charge in [0.25, 0.3) is 0 Å². The summed E-state index contributed by atoms with van der Waals surface area (Å²) in [6.45, 7) is 4.18. The molecular weight excluding hydrogens is 370 g/mol. The van der Waals surface area contributed by atoms with Crippen molar-refractivity contribution in [2.45, 2.75) is 70.5 Å². The Morgan fingerprint density at radius 2 is 1.48 bits per heavy atom. The zero-order chi connectivity index (χ0) is 21.3. The van der Waals surface area contributed by atoms with Crippen molar-refractivity contribution >= 4 is 0 Å². The van der Waals surface area contributed by atoms with E-state index in [1.54, 1.807) is 14.2 Å². The van der Waals surface area contributed by atoms with E-state index in [9.17, 15) is 8.78 Å². The van der Waals surface area contributed by atoms with Crippen LogP contribution in [0.5, 0.6) is 0 Å². The Bertz CT molecular complexity index is 739. The lowest BCUT2D eigenvalue weighted by Gasteiger charge is -2.35. The van der Waals surface area contributed by atoms with Gasteiger partial charge < -0.3 is 9.47 Å². The molecule has 2 aromatic rings. The molecule has 0 bridgehead atoms. The van der Waals surface area contributed by atoms with E-state index in [4.69, 9.17) is 9.47 Å². The maximum Gasteiger partial charge on any atom is 0.171 e. The topological polar surface area (TPSA) is 18.5 Å². The van der Waals surface area contributed by atoms with Crippen molar-refractivity contribution in [3.05, 3.63) is 59.7 Å². The van der Waals surface area contributed by atoms with Gasteiger partial charge in [-0.1, -0.05) is 69.7 Å². The van der Waals surface area contributed by atoms with E-state index in [-0.39, 0.29) is 5.92 Å². The molecule has 0 aliphatic rings. The van der Waals surface area contributed by atoms with Gasteiger partial charge in [0.05, 0.1) is 0 Å². The molecule has 2 aromatic carbocycles. The van der Waals surface area contributed by atoms with Crippen LogP contribution in [0.1, 0.15) is 70.3 Å². The predicted octanol–water partition coefficient (Wildman–Crippen LogP) is 7.48. The number of methoxy groups -OCH3 is 2. The molecule has 2 rings (SSSR count). The summed E-state index contributed by atoms with van der Waals surface area (Å²) in [7, 11) is 3.33. The van der Waals surface area contributed by atoms with Crippen molar-refractivity contribution in [2.75, 3.05) is 14.2 Å². The summed E-state index contributed by atoms with van der Waals surface area (Å²) in [4.78, 5) is 0. The fraction of sp³-hybridized carbons (Fsp3) is 0.520. The monoisotopic (exact) mass is 404 g/mol. The largest absolute Gasteiger partial charge is 0.353 e. The average molecular weight is 405 g/mol. The van der Waals surface area contributed by atoms with E-state index >= 15 is 0 Å². The first-order valence-electron chi connectivity index (χ1n) is 10.6. The molecule has 0 amide bonds. The van der Waals surface area contributed by atoms with Gasteiger partial charge in [-0.3, -0.25) is 0 Å². The van der Waals surface area contributed by atoms with Crippen molar-refractivity contribution in [1.82, 2.24) is 0 Å². The van der Waals surface area contributed by atoms with E-state index in [0.717, 1.165) is 30.0 Å². The van der Waals surface area contributed by atoms with Gasteiger partial charge in [0.1, 0.15) is 11.6 Å². The van der Waals surface area contributed by atoms with Crippen LogP contribution in [0.4, 0.5) is 8.78 Å². The highest BCUT2D eigenvalue weighted by molar-refractivity contribution is 5.64. The Morgan fingerprint density at radius 3 is 2.07 bits per heavy atom. The van der Waals surface area contributed by atoms with Crippen LogP contribution in [0, 0.1) is 11.6 Å². The van der Waals surface area contributed by atoms with Gasteiger partial charge in [-0.05, 0) is 36.6 Å². The average Bonchev–Trinajstić information content (AvgIpc) is 2.73. The minimum atomic E-state index is -0.730. The molecule has 1 atom stereocenters. The fourth-order valence-electron chi connectivity index (χ4n) is 3.85. The molecule has 160 valence electrons. The summed E-state index contributed by atoms with van der Waals surface area (Å²) < 4.78 is 38.7. The van der Waals surface area contributed by atoms with Crippen LogP contribution in [0.3, 0.4) is 0 Å². The normalized spacial score (nSPS) is 12.9. The highest BCUT2D eigenvalue weighted by atomic mass is 19.1. The van der Waals surface area contributed by atoms with Crippen LogP contribution in [0.2, 0.25) is 0 Å². The van der Waals surface area contributed by atoms with Gasteiger partial charge in [-0.15, -0.1) is 0 Å². The molecule has 0 heterocycles. The minimum Gasteiger partial charge on any atom is -0.353 e. The summed E-state index contributed by atoms with van der Waals surface area (Å²) in [5.74, 6) is -1.79. The van der Waals surface area contributed by atoms with Crippen LogP contribution in [0.15, 0.2) is 42.5 Å². The Labute approximate surface area is 174 Å². The quantitative estimate of drug-likeness (QED) is 0.270. The third-order valence-corrected chi connectivity index (χ3v) is 5.85. The minimum absolute atomic E-state index is 0.0655. The number of unbranched alkanes of at least 4 members (excludes halogenated alkanes) is 5. The molecule has 0 aliphatic heterocycles. The van der Waals surface area contributed by atoms with Crippen molar-refractivity contribution in [3.8, 4) is 11.1 Å². The molecule has 0 spiro atoms. The smallest absolute Gasteiger partial charge is 0.171 e. The number of halogens is 2. The summed E-state index contributed by atoms with van der Waals surface area (Å²) in [6, 6.07) is 11.4. The van der Waals surface area contributed by atoms with Crippen LogP contribution < -0.4 is 0 Å². The standard InChI is InChI=1S/C25H34F2O2/c1-5-6-7-8-9-10-11-23(25(2,28-3)29-4)20-14-12-19(13-15-20)22-17-16-21(26)18-24(22)27/h12-18,23H,5-11H2,1-4H3. The second-order valence-electron chi connectivity index (χ2n) is 7.78. The molecule has 29 heavy (non-hydrogen) atoms. The van der Waals surface area contributed by atoms with Gasteiger partial charge in [0.15, 0.2) is 5.79 Å². The van der Waals surface area contributed by atoms with Crippen LogP contribution in [-0.2, 0) is 9.47 Å². The van der Waals surface area contributed by atoms with E-state index < -0.39 is 17.4 Å². The van der Waals surface area contributed by atoms with Gasteiger partial charge >= 0.3 is 0 Å². The fourth-order valence-corrected chi connectivity index (χ4v) is 3.85. The van der Waals surface area contributed by atoms with Crippen molar-refractivity contribution in [3.63, 3.8) is 0 Å². The molecule has 0 aliphatic carbocycles. The Morgan fingerprint density at radius 1 is 0.862 bits per heavy atom. The lowest BCUT2D eigenvalue weighted by molar-refractivity contribution is -0.210. The summed E-state index contributed by atoms with van der Waals surface area (Å²) in [5, 5.41) is 0. The number of benzene rings is 2. The Kier molecular flexibility index (Phi) is 9.25.